The fraction of sp³-hybridized carbons (Fsp3) is 0.0238. The Morgan fingerprint density at radius 3 is 2.13 bits per heavy atom. The van der Waals surface area contributed by atoms with E-state index in [1.54, 1.807) is 0 Å². The van der Waals surface area contributed by atoms with E-state index in [9.17, 15) is 0 Å². The van der Waals surface area contributed by atoms with Crippen LogP contribution in [0.3, 0.4) is 0 Å². The first kappa shape index (κ1) is 25.9. The first-order chi connectivity index (χ1) is 23.3. The van der Waals surface area contributed by atoms with E-state index in [0.29, 0.717) is 17.5 Å². The number of aromatic nitrogens is 3. The topological polar surface area (TPSA) is 63.8 Å². The van der Waals surface area contributed by atoms with Gasteiger partial charge >= 0.3 is 0 Å². The van der Waals surface area contributed by atoms with E-state index in [0.717, 1.165) is 49.6 Å². The fourth-order valence-corrected chi connectivity index (χ4v) is 7.17. The predicted molar refractivity (Wildman–Crippen MR) is 191 cm³/mol. The molecule has 10 rings (SSSR count). The lowest BCUT2D eigenvalue weighted by Gasteiger charge is -2.21. The van der Waals surface area contributed by atoms with Crippen molar-refractivity contribution in [2.45, 2.75) is 6.04 Å². The van der Waals surface area contributed by atoms with Crippen molar-refractivity contribution in [2.24, 2.45) is 0 Å². The zero-order valence-electron chi connectivity index (χ0n) is 25.2. The van der Waals surface area contributed by atoms with Gasteiger partial charge in [0.2, 0.25) is 0 Å². The molecule has 1 aliphatic rings. The molecule has 5 heteroatoms. The first-order valence-electron chi connectivity index (χ1n) is 15.8. The summed E-state index contributed by atoms with van der Waals surface area (Å²) in [5.74, 6) is 2.71. The average Bonchev–Trinajstić information content (AvgIpc) is 3.53. The van der Waals surface area contributed by atoms with Crippen molar-refractivity contribution >= 4 is 60.1 Å². The summed E-state index contributed by atoms with van der Waals surface area (Å²) in [5, 5.41) is 13.9. The number of rotatable bonds is 3. The van der Waals surface area contributed by atoms with Gasteiger partial charge in [-0.1, -0.05) is 115 Å². The van der Waals surface area contributed by atoms with Crippen LogP contribution in [-0.2, 0) is 0 Å². The number of hydrogen-bond donors (Lipinski definition) is 1. The molecule has 2 aromatic heterocycles. The number of furan rings is 1. The van der Waals surface area contributed by atoms with E-state index in [2.05, 4.69) is 121 Å². The maximum atomic E-state index is 6.28. The first-order valence-corrected chi connectivity index (χ1v) is 15.8. The fourth-order valence-electron chi connectivity index (χ4n) is 7.17. The van der Waals surface area contributed by atoms with Crippen LogP contribution < -0.4 is 5.32 Å². The van der Waals surface area contributed by atoms with Gasteiger partial charge in [0.05, 0.1) is 0 Å². The SMILES string of the molecule is C1=Cc2oc3ccccc3c2C(c2nc(-c3ccc4ccccc4c3)nc(-c3cc4ccccc4c4ccc5ccccc5c34)n2)N1. The van der Waals surface area contributed by atoms with Gasteiger partial charge in [0.15, 0.2) is 17.5 Å². The maximum absolute atomic E-state index is 6.28. The van der Waals surface area contributed by atoms with Crippen LogP contribution in [0, 0.1) is 0 Å². The summed E-state index contributed by atoms with van der Waals surface area (Å²) >= 11 is 0. The second-order valence-electron chi connectivity index (χ2n) is 12.1. The Morgan fingerprint density at radius 2 is 1.23 bits per heavy atom. The zero-order valence-corrected chi connectivity index (χ0v) is 25.2. The van der Waals surface area contributed by atoms with Crippen molar-refractivity contribution in [3.63, 3.8) is 0 Å². The van der Waals surface area contributed by atoms with Gasteiger partial charge in [0.25, 0.3) is 0 Å². The van der Waals surface area contributed by atoms with E-state index < -0.39 is 0 Å². The number of nitrogens with one attached hydrogen (secondary N) is 1. The molecule has 220 valence electrons. The van der Waals surface area contributed by atoms with Gasteiger partial charge in [-0.2, -0.15) is 0 Å². The van der Waals surface area contributed by atoms with Crippen molar-refractivity contribution in [2.75, 3.05) is 0 Å². The quantitative estimate of drug-likeness (QED) is 0.204. The van der Waals surface area contributed by atoms with E-state index >= 15 is 0 Å². The highest BCUT2D eigenvalue weighted by molar-refractivity contribution is 6.22. The third kappa shape index (κ3) is 4.07. The molecule has 0 saturated carbocycles. The summed E-state index contributed by atoms with van der Waals surface area (Å²) < 4.78 is 6.28. The van der Waals surface area contributed by atoms with Gasteiger partial charge in [0.1, 0.15) is 17.4 Å². The van der Waals surface area contributed by atoms with Crippen LogP contribution in [0.4, 0.5) is 0 Å². The third-order valence-electron chi connectivity index (χ3n) is 9.36. The average molecular weight is 603 g/mol. The van der Waals surface area contributed by atoms with E-state index in [1.807, 2.05) is 30.5 Å². The van der Waals surface area contributed by atoms with Crippen LogP contribution in [-0.4, -0.2) is 15.0 Å². The second kappa shape index (κ2) is 10.1. The minimum Gasteiger partial charge on any atom is -0.456 e. The normalized spacial score (nSPS) is 14.3. The predicted octanol–water partition coefficient (Wildman–Crippen LogP) is 10.2. The molecular weight excluding hydrogens is 576 g/mol. The highest BCUT2D eigenvalue weighted by Gasteiger charge is 2.29. The minimum atomic E-state index is -0.330. The molecule has 47 heavy (non-hydrogen) atoms. The zero-order chi connectivity index (χ0) is 30.9. The molecule has 0 saturated heterocycles. The Hall–Kier alpha value is -6.33. The number of fused-ring (bicyclic) bond motifs is 9. The summed E-state index contributed by atoms with van der Waals surface area (Å²) in [6.07, 6.45) is 3.90. The smallest absolute Gasteiger partial charge is 0.164 e. The summed E-state index contributed by atoms with van der Waals surface area (Å²) in [4.78, 5) is 15.7. The molecule has 0 aliphatic carbocycles. The lowest BCUT2D eigenvalue weighted by molar-refractivity contribution is 0.574. The van der Waals surface area contributed by atoms with Crippen molar-refractivity contribution < 1.29 is 4.42 Å². The molecule has 0 amide bonds. The van der Waals surface area contributed by atoms with Gasteiger partial charge in [-0.05, 0) is 62.0 Å². The number of hydrogen-bond acceptors (Lipinski definition) is 5. The number of nitrogens with zero attached hydrogens (tertiary/aromatic N) is 3. The second-order valence-corrected chi connectivity index (χ2v) is 12.1. The molecule has 1 N–H and O–H groups in total. The van der Waals surface area contributed by atoms with Crippen molar-refractivity contribution in [3.05, 3.63) is 157 Å². The van der Waals surface area contributed by atoms with E-state index in [4.69, 9.17) is 19.4 Å². The molecule has 5 nitrogen and oxygen atoms in total. The van der Waals surface area contributed by atoms with Gasteiger partial charge < -0.3 is 9.73 Å². The summed E-state index contributed by atoms with van der Waals surface area (Å²) in [6, 6.07) is 46.3. The van der Waals surface area contributed by atoms with Gasteiger partial charge in [-0.15, -0.1) is 0 Å². The van der Waals surface area contributed by atoms with Crippen LogP contribution in [0.25, 0.3) is 82.9 Å². The Bertz CT molecular complexity index is 2740. The lowest BCUT2D eigenvalue weighted by Crippen LogP contribution is -2.23. The standard InChI is InChI=1S/C42H26N4O/c1-2-11-27-23-29(18-17-25(27)9-1)40-44-41(46-42(45-40)39-38-33-15-7-8-16-35(33)47-36(38)21-22-43-39)34-24-28-12-4-5-13-30(28)32-20-19-26-10-3-6-14-31(26)37(32)34/h1-24,39,43H. The van der Waals surface area contributed by atoms with Gasteiger partial charge in [-0.3, -0.25) is 0 Å². The van der Waals surface area contributed by atoms with Crippen LogP contribution >= 0.6 is 0 Å². The maximum Gasteiger partial charge on any atom is 0.164 e. The Kier molecular flexibility index (Phi) is 5.57. The molecule has 1 unspecified atom stereocenters. The van der Waals surface area contributed by atoms with Crippen molar-refractivity contribution in [1.82, 2.24) is 20.3 Å². The van der Waals surface area contributed by atoms with Gasteiger partial charge in [-0.25, -0.2) is 15.0 Å². The van der Waals surface area contributed by atoms with Crippen LogP contribution in [0.2, 0.25) is 0 Å². The third-order valence-corrected chi connectivity index (χ3v) is 9.36. The van der Waals surface area contributed by atoms with Crippen LogP contribution in [0.1, 0.15) is 23.2 Å². The number of para-hydroxylation sites is 1. The largest absolute Gasteiger partial charge is 0.456 e. The highest BCUT2D eigenvalue weighted by atomic mass is 16.3. The molecule has 0 spiro atoms. The molecule has 3 heterocycles. The molecule has 1 aliphatic heterocycles. The summed E-state index contributed by atoms with van der Waals surface area (Å²) in [5.41, 5.74) is 3.78. The van der Waals surface area contributed by atoms with E-state index in [1.165, 1.54) is 26.9 Å². The molecular formula is C42H26N4O. The number of benzene rings is 7. The molecule has 9 aromatic rings. The minimum absolute atomic E-state index is 0.330. The van der Waals surface area contributed by atoms with Crippen LogP contribution in [0.5, 0.6) is 0 Å². The molecule has 0 fully saturated rings. The molecule has 1 atom stereocenters. The molecule has 0 radical (unpaired) electrons. The van der Waals surface area contributed by atoms with Gasteiger partial charge in [0, 0.05) is 33.7 Å². The Labute approximate surface area is 269 Å². The Balaban J connectivity index is 1.29. The summed E-state index contributed by atoms with van der Waals surface area (Å²) in [6.45, 7) is 0. The van der Waals surface area contributed by atoms with Crippen molar-refractivity contribution in [1.29, 1.82) is 0 Å². The monoisotopic (exact) mass is 602 g/mol. The summed E-state index contributed by atoms with van der Waals surface area (Å²) in [7, 11) is 0. The molecule has 0 bridgehead atoms. The van der Waals surface area contributed by atoms with E-state index in [-0.39, 0.29) is 6.04 Å². The molecule has 7 aromatic carbocycles. The lowest BCUT2D eigenvalue weighted by atomic mass is 9.92. The van der Waals surface area contributed by atoms with Crippen molar-refractivity contribution in [3.8, 4) is 22.8 Å². The Morgan fingerprint density at radius 1 is 0.532 bits per heavy atom. The highest BCUT2D eigenvalue weighted by Crippen LogP contribution is 2.41. The van der Waals surface area contributed by atoms with Crippen LogP contribution in [0.15, 0.2) is 144 Å².